The van der Waals surface area contributed by atoms with Crippen molar-refractivity contribution in [2.75, 3.05) is 0 Å². The lowest BCUT2D eigenvalue weighted by Crippen LogP contribution is -2.25. The molecule has 1 aliphatic rings. The van der Waals surface area contributed by atoms with Crippen molar-refractivity contribution < 1.29 is 0 Å². The van der Waals surface area contributed by atoms with E-state index in [1.165, 1.54) is 17.0 Å². The first-order chi connectivity index (χ1) is 6.59. The molecule has 14 heavy (non-hydrogen) atoms. The van der Waals surface area contributed by atoms with Crippen molar-refractivity contribution in [3.8, 4) is 0 Å². The fourth-order valence-corrected chi connectivity index (χ4v) is 2.03. The molecule has 3 nitrogen and oxygen atoms in total. The summed E-state index contributed by atoms with van der Waals surface area (Å²) in [5.74, 6) is 0.530. The number of hydrogen-bond acceptors (Lipinski definition) is 2. The monoisotopic (exact) mass is 193 g/mol. The molecule has 0 amide bonds. The highest BCUT2D eigenvalue weighted by atomic mass is 15.2. The molecule has 1 aromatic heterocycles. The quantitative estimate of drug-likeness (QED) is 0.781. The van der Waals surface area contributed by atoms with Gasteiger partial charge in [0.05, 0.1) is 11.4 Å². The number of aromatic nitrogens is 2. The van der Waals surface area contributed by atoms with Gasteiger partial charge in [0.25, 0.3) is 0 Å². The Bertz CT molecular complexity index is 325. The van der Waals surface area contributed by atoms with Gasteiger partial charge in [-0.1, -0.05) is 13.8 Å². The van der Waals surface area contributed by atoms with Crippen molar-refractivity contribution in [3.63, 3.8) is 0 Å². The van der Waals surface area contributed by atoms with Crippen LogP contribution in [0.25, 0.3) is 0 Å². The number of hydrogen-bond donors (Lipinski definition) is 1. The number of H-pyrrole nitrogens is 1. The maximum Gasteiger partial charge on any atom is 0.0695 e. The third-order valence-corrected chi connectivity index (χ3v) is 2.98. The van der Waals surface area contributed by atoms with Crippen LogP contribution in [-0.2, 0) is 13.1 Å². The largest absolute Gasteiger partial charge is 0.291 e. The van der Waals surface area contributed by atoms with Crippen LogP contribution in [0.15, 0.2) is 0 Å². The Hall–Kier alpha value is -0.830. The van der Waals surface area contributed by atoms with E-state index >= 15 is 0 Å². The van der Waals surface area contributed by atoms with Crippen LogP contribution in [0.5, 0.6) is 0 Å². The number of fused-ring (bicyclic) bond motifs is 1. The Morgan fingerprint density at radius 3 is 2.50 bits per heavy atom. The second-order valence-corrected chi connectivity index (χ2v) is 4.72. The number of aromatic amines is 1. The van der Waals surface area contributed by atoms with Crippen molar-refractivity contribution in [2.24, 2.45) is 0 Å². The Morgan fingerprint density at radius 1 is 1.21 bits per heavy atom. The van der Waals surface area contributed by atoms with E-state index in [1.807, 2.05) is 0 Å². The Labute approximate surface area is 85.5 Å². The van der Waals surface area contributed by atoms with Crippen LogP contribution in [0.3, 0.4) is 0 Å². The lowest BCUT2D eigenvalue weighted by Gasteiger charge is -2.19. The molecule has 2 rings (SSSR count). The summed E-state index contributed by atoms with van der Waals surface area (Å²) in [6.07, 6.45) is 0. The Morgan fingerprint density at radius 2 is 1.93 bits per heavy atom. The average molecular weight is 193 g/mol. The van der Waals surface area contributed by atoms with Gasteiger partial charge in [-0.2, -0.15) is 5.10 Å². The van der Waals surface area contributed by atoms with Gasteiger partial charge >= 0.3 is 0 Å². The predicted molar refractivity (Wildman–Crippen MR) is 57.1 cm³/mol. The molecule has 0 unspecified atom stereocenters. The molecule has 0 spiro atoms. The van der Waals surface area contributed by atoms with Crippen LogP contribution in [0.4, 0.5) is 0 Å². The Kier molecular flexibility index (Phi) is 2.35. The van der Waals surface area contributed by atoms with E-state index in [1.54, 1.807) is 0 Å². The van der Waals surface area contributed by atoms with Gasteiger partial charge in [-0.3, -0.25) is 10.00 Å². The van der Waals surface area contributed by atoms with Crippen LogP contribution < -0.4 is 0 Å². The van der Waals surface area contributed by atoms with Crippen molar-refractivity contribution >= 4 is 0 Å². The molecule has 0 saturated carbocycles. The van der Waals surface area contributed by atoms with Gasteiger partial charge in [-0.25, -0.2) is 0 Å². The van der Waals surface area contributed by atoms with E-state index < -0.39 is 0 Å². The van der Waals surface area contributed by atoms with E-state index in [4.69, 9.17) is 0 Å². The summed E-state index contributed by atoms with van der Waals surface area (Å²) in [6.45, 7) is 11.0. The molecule has 0 aliphatic carbocycles. The summed E-state index contributed by atoms with van der Waals surface area (Å²) in [6, 6.07) is 0.621. The van der Waals surface area contributed by atoms with Gasteiger partial charge in [-0.15, -0.1) is 0 Å². The van der Waals surface area contributed by atoms with Crippen LogP contribution in [0, 0.1) is 0 Å². The lowest BCUT2D eigenvalue weighted by atomic mass is 10.1. The summed E-state index contributed by atoms with van der Waals surface area (Å²) in [5.41, 5.74) is 4.01. The molecule has 0 radical (unpaired) electrons. The van der Waals surface area contributed by atoms with E-state index in [9.17, 15) is 0 Å². The molecular formula is C11H19N3. The summed E-state index contributed by atoms with van der Waals surface area (Å²) in [4.78, 5) is 2.47. The van der Waals surface area contributed by atoms with Crippen LogP contribution >= 0.6 is 0 Å². The molecule has 0 saturated heterocycles. The van der Waals surface area contributed by atoms with Crippen molar-refractivity contribution in [1.29, 1.82) is 0 Å². The molecule has 0 aromatic carbocycles. The molecule has 0 bridgehead atoms. The molecule has 0 fully saturated rings. The van der Waals surface area contributed by atoms with Crippen molar-refractivity contribution in [1.82, 2.24) is 15.1 Å². The maximum absolute atomic E-state index is 4.38. The molecular weight excluding hydrogens is 174 g/mol. The van der Waals surface area contributed by atoms with E-state index in [2.05, 4.69) is 42.8 Å². The highest BCUT2D eigenvalue weighted by molar-refractivity contribution is 5.30. The molecule has 0 atom stereocenters. The normalized spacial score (nSPS) is 17.0. The van der Waals surface area contributed by atoms with Gasteiger partial charge < -0.3 is 0 Å². The zero-order chi connectivity index (χ0) is 10.3. The van der Waals surface area contributed by atoms with Crippen LogP contribution in [0.1, 0.15) is 50.6 Å². The highest BCUT2D eigenvalue weighted by Crippen LogP contribution is 2.28. The van der Waals surface area contributed by atoms with Gasteiger partial charge in [0.15, 0.2) is 0 Å². The molecule has 1 aromatic rings. The van der Waals surface area contributed by atoms with E-state index in [0.717, 1.165) is 13.1 Å². The fraction of sp³-hybridized carbons (Fsp3) is 0.727. The molecule has 3 heteroatoms. The molecule has 1 N–H and O–H groups in total. The minimum absolute atomic E-state index is 0.530. The maximum atomic E-state index is 4.38. The second-order valence-electron chi connectivity index (χ2n) is 4.72. The lowest BCUT2D eigenvalue weighted by molar-refractivity contribution is 0.224. The van der Waals surface area contributed by atoms with Crippen molar-refractivity contribution in [3.05, 3.63) is 17.0 Å². The predicted octanol–water partition coefficient (Wildman–Crippen LogP) is 2.26. The summed E-state index contributed by atoms with van der Waals surface area (Å²) < 4.78 is 0. The summed E-state index contributed by atoms with van der Waals surface area (Å²) in [5, 5.41) is 7.54. The topological polar surface area (TPSA) is 31.9 Å². The zero-order valence-corrected chi connectivity index (χ0v) is 9.46. The van der Waals surface area contributed by atoms with Crippen molar-refractivity contribution in [2.45, 2.75) is 52.7 Å². The number of nitrogens with zero attached hydrogens (tertiary/aromatic N) is 2. The fourth-order valence-electron chi connectivity index (χ4n) is 2.03. The minimum Gasteiger partial charge on any atom is -0.291 e. The van der Waals surface area contributed by atoms with Gasteiger partial charge in [0.1, 0.15) is 0 Å². The molecule has 1 aliphatic heterocycles. The van der Waals surface area contributed by atoms with E-state index in [-0.39, 0.29) is 0 Å². The molecule has 78 valence electrons. The first kappa shape index (κ1) is 9.71. The molecule has 2 heterocycles. The third-order valence-electron chi connectivity index (χ3n) is 2.98. The standard InChI is InChI=1S/C11H19N3/c1-7(2)11-9-5-14(8(3)4)6-10(9)12-13-11/h7-8H,5-6H2,1-4H3,(H,12,13). The van der Waals surface area contributed by atoms with Gasteiger partial charge in [0, 0.05) is 24.7 Å². The number of rotatable bonds is 2. The first-order valence-corrected chi connectivity index (χ1v) is 5.39. The third kappa shape index (κ3) is 1.46. The first-order valence-electron chi connectivity index (χ1n) is 5.39. The zero-order valence-electron chi connectivity index (χ0n) is 9.46. The van der Waals surface area contributed by atoms with E-state index in [0.29, 0.717) is 12.0 Å². The van der Waals surface area contributed by atoms with Gasteiger partial charge in [-0.05, 0) is 19.8 Å². The second kappa shape index (κ2) is 3.39. The Balaban J connectivity index is 2.24. The minimum atomic E-state index is 0.530. The highest BCUT2D eigenvalue weighted by Gasteiger charge is 2.26. The van der Waals surface area contributed by atoms with Gasteiger partial charge in [0.2, 0.25) is 0 Å². The smallest absolute Gasteiger partial charge is 0.0695 e. The van der Waals surface area contributed by atoms with Crippen LogP contribution in [0.2, 0.25) is 0 Å². The van der Waals surface area contributed by atoms with Crippen LogP contribution in [-0.4, -0.2) is 21.1 Å². The number of nitrogens with one attached hydrogen (secondary N) is 1. The summed E-state index contributed by atoms with van der Waals surface area (Å²) >= 11 is 0. The average Bonchev–Trinajstić information content (AvgIpc) is 2.58. The summed E-state index contributed by atoms with van der Waals surface area (Å²) in [7, 11) is 0. The SMILES string of the molecule is CC(C)c1n[nH]c2c1CN(C(C)C)C2.